The van der Waals surface area contributed by atoms with Crippen LogP contribution in [0.2, 0.25) is 0 Å². The van der Waals surface area contributed by atoms with Crippen molar-refractivity contribution in [1.29, 1.82) is 0 Å². The van der Waals surface area contributed by atoms with E-state index in [4.69, 9.17) is 5.14 Å². The fourth-order valence-electron chi connectivity index (χ4n) is 1.88. The molecule has 0 unspecified atom stereocenters. The predicted molar refractivity (Wildman–Crippen MR) is 71.1 cm³/mol. The van der Waals surface area contributed by atoms with Gasteiger partial charge >= 0.3 is 0 Å². The Hall–Kier alpha value is -1.41. The molecule has 8 heteroatoms. The number of sulfonamides is 1. The minimum absolute atomic E-state index is 0.0997. The number of hydrogen-bond donors (Lipinski definition) is 2. The van der Waals surface area contributed by atoms with Gasteiger partial charge in [0.15, 0.2) is 5.69 Å². The van der Waals surface area contributed by atoms with Crippen LogP contribution in [-0.4, -0.2) is 43.0 Å². The molecule has 3 N–H and O–H groups in total. The van der Waals surface area contributed by atoms with E-state index in [1.54, 1.807) is 7.05 Å². The van der Waals surface area contributed by atoms with Crippen molar-refractivity contribution in [3.63, 3.8) is 0 Å². The van der Waals surface area contributed by atoms with Crippen LogP contribution in [0.3, 0.4) is 0 Å². The van der Waals surface area contributed by atoms with Crippen molar-refractivity contribution in [1.82, 2.24) is 15.1 Å². The van der Waals surface area contributed by atoms with Crippen LogP contribution in [0.25, 0.3) is 0 Å². The molecule has 0 aliphatic rings. The molecule has 0 bridgehead atoms. The number of carbonyl (C=O) groups excluding carboxylic acids is 1. The van der Waals surface area contributed by atoms with Gasteiger partial charge in [0.25, 0.3) is 5.91 Å². The Balaban J connectivity index is 3.15. The molecule has 0 aromatic carbocycles. The van der Waals surface area contributed by atoms with E-state index in [2.05, 4.69) is 10.2 Å². The normalized spacial score (nSPS) is 12.5. The standard InChI is InChI=1S/C11H20N4O3S/c1-7-9(19(12,17)18)8(14-13-7)10(16)15(5)6-11(2,3)4/h6H2,1-5H3,(H,13,14)(H2,12,17,18). The molecule has 0 atom stereocenters. The highest BCUT2D eigenvalue weighted by Gasteiger charge is 2.28. The van der Waals surface area contributed by atoms with Crippen molar-refractivity contribution < 1.29 is 13.2 Å². The summed E-state index contributed by atoms with van der Waals surface area (Å²) in [4.78, 5) is 13.4. The van der Waals surface area contributed by atoms with Gasteiger partial charge in [0, 0.05) is 13.6 Å². The van der Waals surface area contributed by atoms with Crippen molar-refractivity contribution in [3.05, 3.63) is 11.4 Å². The second-order valence-corrected chi connectivity index (χ2v) is 7.29. The van der Waals surface area contributed by atoms with E-state index in [1.807, 2.05) is 20.8 Å². The molecule has 1 aromatic heterocycles. The van der Waals surface area contributed by atoms with Crippen LogP contribution >= 0.6 is 0 Å². The van der Waals surface area contributed by atoms with Gasteiger partial charge in [0.05, 0.1) is 5.69 Å². The molecule has 0 fully saturated rings. The molecule has 0 radical (unpaired) electrons. The first-order chi connectivity index (χ1) is 8.43. The number of carbonyl (C=O) groups is 1. The first-order valence-electron chi connectivity index (χ1n) is 5.77. The molecular formula is C11H20N4O3S. The largest absolute Gasteiger partial charge is 0.340 e. The van der Waals surface area contributed by atoms with E-state index >= 15 is 0 Å². The van der Waals surface area contributed by atoms with E-state index in [-0.39, 0.29) is 21.7 Å². The molecule has 1 rings (SSSR count). The second kappa shape index (κ2) is 4.93. The van der Waals surface area contributed by atoms with Crippen LogP contribution in [0, 0.1) is 12.3 Å². The third-order valence-corrected chi connectivity index (χ3v) is 3.50. The molecular weight excluding hydrogens is 268 g/mol. The highest BCUT2D eigenvalue weighted by atomic mass is 32.2. The van der Waals surface area contributed by atoms with E-state index in [1.165, 1.54) is 11.8 Å². The number of aryl methyl sites for hydroxylation is 1. The molecule has 108 valence electrons. The zero-order valence-electron chi connectivity index (χ0n) is 11.8. The Morgan fingerprint density at radius 3 is 2.37 bits per heavy atom. The monoisotopic (exact) mass is 288 g/mol. The summed E-state index contributed by atoms with van der Waals surface area (Å²) >= 11 is 0. The number of primary sulfonamides is 1. The molecule has 0 aliphatic carbocycles. The van der Waals surface area contributed by atoms with Gasteiger partial charge in [-0.25, -0.2) is 13.6 Å². The highest BCUT2D eigenvalue weighted by Crippen LogP contribution is 2.20. The van der Waals surface area contributed by atoms with Gasteiger partial charge < -0.3 is 4.90 Å². The quantitative estimate of drug-likeness (QED) is 0.843. The van der Waals surface area contributed by atoms with Gasteiger partial charge in [-0.05, 0) is 12.3 Å². The maximum atomic E-state index is 12.2. The number of H-pyrrole nitrogens is 1. The Morgan fingerprint density at radius 1 is 1.42 bits per heavy atom. The number of nitrogens with two attached hydrogens (primary N) is 1. The van der Waals surface area contributed by atoms with Gasteiger partial charge in [-0.2, -0.15) is 5.10 Å². The minimum atomic E-state index is -3.98. The zero-order chi connectivity index (χ0) is 15.0. The summed E-state index contributed by atoms with van der Waals surface area (Å²) in [5, 5.41) is 11.4. The van der Waals surface area contributed by atoms with E-state index < -0.39 is 15.9 Å². The van der Waals surface area contributed by atoms with Crippen LogP contribution in [0.4, 0.5) is 0 Å². The second-order valence-electron chi connectivity index (χ2n) is 5.79. The van der Waals surface area contributed by atoms with E-state index in [9.17, 15) is 13.2 Å². The van der Waals surface area contributed by atoms with Gasteiger partial charge in [0.2, 0.25) is 10.0 Å². The van der Waals surface area contributed by atoms with Crippen LogP contribution < -0.4 is 5.14 Å². The van der Waals surface area contributed by atoms with Crippen molar-refractivity contribution in [2.75, 3.05) is 13.6 Å². The summed E-state index contributed by atoms with van der Waals surface area (Å²) in [6.45, 7) is 7.92. The summed E-state index contributed by atoms with van der Waals surface area (Å²) < 4.78 is 23.0. The van der Waals surface area contributed by atoms with Crippen molar-refractivity contribution in [3.8, 4) is 0 Å². The Bertz CT molecular complexity index is 584. The lowest BCUT2D eigenvalue weighted by Crippen LogP contribution is -2.35. The van der Waals surface area contributed by atoms with E-state index in [0.29, 0.717) is 6.54 Å². The first kappa shape index (κ1) is 15.6. The fraction of sp³-hybridized carbons (Fsp3) is 0.636. The molecule has 1 amide bonds. The first-order valence-corrected chi connectivity index (χ1v) is 7.31. The van der Waals surface area contributed by atoms with Crippen molar-refractivity contribution in [2.24, 2.45) is 10.6 Å². The lowest BCUT2D eigenvalue weighted by Gasteiger charge is -2.26. The van der Waals surface area contributed by atoms with Crippen LogP contribution in [0.1, 0.15) is 37.0 Å². The third-order valence-electron chi connectivity index (χ3n) is 2.44. The lowest BCUT2D eigenvalue weighted by molar-refractivity contribution is 0.0736. The summed E-state index contributed by atoms with van der Waals surface area (Å²) in [6.07, 6.45) is 0. The van der Waals surface area contributed by atoms with E-state index in [0.717, 1.165) is 0 Å². The maximum Gasteiger partial charge on any atom is 0.275 e. The summed E-state index contributed by atoms with van der Waals surface area (Å²) in [6, 6.07) is 0. The Labute approximate surface area is 113 Å². The number of nitrogens with zero attached hydrogens (tertiary/aromatic N) is 2. The lowest BCUT2D eigenvalue weighted by atomic mass is 9.96. The van der Waals surface area contributed by atoms with Crippen molar-refractivity contribution in [2.45, 2.75) is 32.6 Å². The minimum Gasteiger partial charge on any atom is -0.340 e. The third kappa shape index (κ3) is 3.77. The molecule has 0 saturated carbocycles. The van der Waals surface area contributed by atoms with Crippen LogP contribution in [-0.2, 0) is 10.0 Å². The predicted octanol–water partition coefficient (Wildman–Crippen LogP) is 0.484. The molecule has 7 nitrogen and oxygen atoms in total. The Kier molecular flexibility index (Phi) is 4.06. The molecule has 0 saturated heterocycles. The van der Waals surface area contributed by atoms with Crippen molar-refractivity contribution >= 4 is 15.9 Å². The molecule has 0 spiro atoms. The average Bonchev–Trinajstić information content (AvgIpc) is 2.55. The summed E-state index contributed by atoms with van der Waals surface area (Å²) in [7, 11) is -2.38. The SMILES string of the molecule is Cc1[nH]nc(C(=O)N(C)CC(C)(C)C)c1S(N)(=O)=O. The number of amides is 1. The van der Waals surface area contributed by atoms with Crippen LogP contribution in [0.15, 0.2) is 4.90 Å². The number of nitrogens with one attached hydrogen (secondary N) is 1. The fourth-order valence-corrected chi connectivity index (χ4v) is 2.75. The van der Waals surface area contributed by atoms with Crippen LogP contribution in [0.5, 0.6) is 0 Å². The number of aromatic nitrogens is 2. The summed E-state index contributed by atoms with van der Waals surface area (Å²) in [5.74, 6) is -0.469. The molecule has 1 aromatic rings. The number of hydrogen-bond acceptors (Lipinski definition) is 4. The smallest absolute Gasteiger partial charge is 0.275 e. The zero-order valence-corrected chi connectivity index (χ0v) is 12.6. The summed E-state index contributed by atoms with van der Waals surface area (Å²) in [5.41, 5.74) is -0.000837. The van der Waals surface area contributed by atoms with Gasteiger partial charge in [-0.1, -0.05) is 20.8 Å². The molecule has 1 heterocycles. The molecule has 0 aliphatic heterocycles. The molecule has 19 heavy (non-hydrogen) atoms. The topological polar surface area (TPSA) is 109 Å². The van der Waals surface area contributed by atoms with Gasteiger partial charge in [-0.15, -0.1) is 0 Å². The Morgan fingerprint density at radius 2 is 1.95 bits per heavy atom. The number of aromatic amines is 1. The maximum absolute atomic E-state index is 12.2. The van der Waals surface area contributed by atoms with Gasteiger partial charge in [0.1, 0.15) is 4.90 Å². The van der Waals surface area contributed by atoms with Gasteiger partial charge in [-0.3, -0.25) is 9.89 Å². The number of rotatable bonds is 3. The highest BCUT2D eigenvalue weighted by molar-refractivity contribution is 7.89. The average molecular weight is 288 g/mol.